The summed E-state index contributed by atoms with van der Waals surface area (Å²) in [5.41, 5.74) is -1.77. The van der Waals surface area contributed by atoms with Gasteiger partial charge in [-0.05, 0) is 13.8 Å². The van der Waals surface area contributed by atoms with Gasteiger partial charge in [-0.1, -0.05) is 0 Å². The lowest BCUT2D eigenvalue weighted by molar-refractivity contribution is -0.141. The summed E-state index contributed by atoms with van der Waals surface area (Å²) >= 11 is 1.08. The van der Waals surface area contributed by atoms with E-state index in [9.17, 15) is 18.0 Å². The van der Waals surface area contributed by atoms with E-state index in [1.54, 1.807) is 6.92 Å². The summed E-state index contributed by atoms with van der Waals surface area (Å²) in [6.45, 7) is 3.26. The van der Waals surface area contributed by atoms with Crippen LogP contribution in [-0.4, -0.2) is 22.0 Å². The minimum absolute atomic E-state index is 0.00643. The first-order valence-corrected chi connectivity index (χ1v) is 5.89. The molecule has 0 amide bonds. The SMILES string of the molecule is CCOC(=O)c1c(C(F)(F)F)nc2sc(C)cn12. The average molecular weight is 278 g/mol. The van der Waals surface area contributed by atoms with E-state index in [0.29, 0.717) is 0 Å². The van der Waals surface area contributed by atoms with Gasteiger partial charge in [0.05, 0.1) is 6.61 Å². The number of hydrogen-bond acceptors (Lipinski definition) is 4. The minimum Gasteiger partial charge on any atom is -0.461 e. The van der Waals surface area contributed by atoms with Crippen LogP contribution in [-0.2, 0) is 10.9 Å². The third-order valence-electron chi connectivity index (χ3n) is 2.18. The smallest absolute Gasteiger partial charge is 0.435 e. The molecule has 0 bridgehead atoms. The molecule has 2 heterocycles. The highest BCUT2D eigenvalue weighted by Gasteiger charge is 2.41. The minimum atomic E-state index is -4.68. The molecule has 0 aliphatic carbocycles. The summed E-state index contributed by atoms with van der Waals surface area (Å²) in [5, 5.41) is 0. The largest absolute Gasteiger partial charge is 0.461 e. The summed E-state index contributed by atoms with van der Waals surface area (Å²) < 4.78 is 44.1. The van der Waals surface area contributed by atoms with Crippen molar-refractivity contribution in [3.8, 4) is 0 Å². The molecule has 0 saturated heterocycles. The van der Waals surface area contributed by atoms with Gasteiger partial charge in [0.25, 0.3) is 0 Å². The number of imidazole rings is 1. The molecular formula is C10H9F3N2O2S. The van der Waals surface area contributed by atoms with Crippen molar-refractivity contribution >= 4 is 22.3 Å². The van der Waals surface area contributed by atoms with Crippen molar-refractivity contribution < 1.29 is 22.7 Å². The number of nitrogens with zero attached hydrogens (tertiary/aromatic N) is 2. The molecule has 0 radical (unpaired) electrons. The monoisotopic (exact) mass is 278 g/mol. The number of thiazole rings is 1. The van der Waals surface area contributed by atoms with E-state index in [2.05, 4.69) is 9.72 Å². The summed E-state index contributed by atoms with van der Waals surface area (Å²) in [4.78, 5) is 16.0. The van der Waals surface area contributed by atoms with E-state index in [4.69, 9.17) is 0 Å². The molecular weight excluding hydrogens is 269 g/mol. The zero-order chi connectivity index (χ0) is 13.5. The van der Waals surface area contributed by atoms with Gasteiger partial charge in [-0.2, -0.15) is 13.2 Å². The Labute approximate surface area is 104 Å². The molecule has 0 spiro atoms. The summed E-state index contributed by atoms with van der Waals surface area (Å²) in [7, 11) is 0. The summed E-state index contributed by atoms with van der Waals surface area (Å²) in [6, 6.07) is 0. The molecule has 4 nitrogen and oxygen atoms in total. The van der Waals surface area contributed by atoms with Gasteiger partial charge in [-0.25, -0.2) is 9.78 Å². The number of aromatic nitrogens is 2. The number of alkyl halides is 3. The van der Waals surface area contributed by atoms with Crippen LogP contribution >= 0.6 is 11.3 Å². The van der Waals surface area contributed by atoms with Crippen LogP contribution in [0.1, 0.15) is 28.0 Å². The van der Waals surface area contributed by atoms with Gasteiger partial charge in [0.1, 0.15) is 0 Å². The molecule has 0 fully saturated rings. The Kier molecular flexibility index (Phi) is 3.05. The number of ether oxygens (including phenoxy) is 1. The van der Waals surface area contributed by atoms with Crippen LogP contribution in [0.15, 0.2) is 6.20 Å². The van der Waals surface area contributed by atoms with E-state index in [-0.39, 0.29) is 11.6 Å². The maximum atomic E-state index is 12.8. The maximum Gasteiger partial charge on any atom is 0.435 e. The average Bonchev–Trinajstić information content (AvgIpc) is 2.72. The lowest BCUT2D eigenvalue weighted by atomic mass is 10.3. The van der Waals surface area contributed by atoms with Crippen LogP contribution in [0.2, 0.25) is 0 Å². The number of aryl methyl sites for hydroxylation is 1. The zero-order valence-corrected chi connectivity index (χ0v) is 10.4. The second-order valence-electron chi connectivity index (χ2n) is 3.52. The van der Waals surface area contributed by atoms with Crippen LogP contribution in [0.3, 0.4) is 0 Å². The van der Waals surface area contributed by atoms with Crippen LogP contribution in [0.4, 0.5) is 13.2 Å². The zero-order valence-electron chi connectivity index (χ0n) is 9.54. The molecule has 0 aliphatic rings. The third kappa shape index (κ3) is 2.07. The summed E-state index contributed by atoms with van der Waals surface area (Å²) in [6.07, 6.45) is -3.24. The maximum absolute atomic E-state index is 12.8. The highest BCUT2D eigenvalue weighted by Crippen LogP contribution is 2.34. The number of hydrogen-bond donors (Lipinski definition) is 0. The molecule has 0 aromatic carbocycles. The Morgan fingerprint density at radius 1 is 1.56 bits per heavy atom. The van der Waals surface area contributed by atoms with Crippen molar-refractivity contribution in [2.45, 2.75) is 20.0 Å². The number of rotatable bonds is 2. The highest BCUT2D eigenvalue weighted by atomic mass is 32.1. The van der Waals surface area contributed by atoms with E-state index >= 15 is 0 Å². The van der Waals surface area contributed by atoms with E-state index in [1.807, 2.05) is 0 Å². The number of carbonyl (C=O) groups excluding carboxylic acids is 1. The van der Waals surface area contributed by atoms with Crippen LogP contribution in [0.5, 0.6) is 0 Å². The number of fused-ring (bicyclic) bond motifs is 1. The fourth-order valence-corrected chi connectivity index (χ4v) is 2.37. The van der Waals surface area contributed by atoms with E-state index in [0.717, 1.165) is 20.6 Å². The standard InChI is InChI=1S/C10H9F3N2O2S/c1-3-17-8(16)6-7(10(11,12)13)14-9-15(6)4-5(2)18-9/h4H,3H2,1-2H3. The molecule has 18 heavy (non-hydrogen) atoms. The van der Waals surface area contributed by atoms with Gasteiger partial charge in [0, 0.05) is 11.1 Å². The molecule has 2 rings (SSSR count). The van der Waals surface area contributed by atoms with Gasteiger partial charge in [-0.3, -0.25) is 4.40 Å². The molecule has 2 aromatic heterocycles. The molecule has 0 saturated carbocycles. The van der Waals surface area contributed by atoms with Gasteiger partial charge in [-0.15, -0.1) is 11.3 Å². The molecule has 0 N–H and O–H groups in total. The van der Waals surface area contributed by atoms with Crippen LogP contribution in [0, 0.1) is 6.92 Å². The molecule has 8 heteroatoms. The fraction of sp³-hybridized carbons (Fsp3) is 0.400. The first kappa shape index (κ1) is 12.9. The van der Waals surface area contributed by atoms with Crippen LogP contribution in [0.25, 0.3) is 4.96 Å². The van der Waals surface area contributed by atoms with Crippen LogP contribution < -0.4 is 0 Å². The topological polar surface area (TPSA) is 43.6 Å². The molecule has 0 aliphatic heterocycles. The molecule has 2 aromatic rings. The second-order valence-corrected chi connectivity index (χ2v) is 4.73. The van der Waals surface area contributed by atoms with Crippen molar-refractivity contribution in [2.24, 2.45) is 0 Å². The Balaban J connectivity index is 2.67. The van der Waals surface area contributed by atoms with Crippen molar-refractivity contribution in [3.05, 3.63) is 22.5 Å². The quantitative estimate of drug-likeness (QED) is 0.793. The first-order chi connectivity index (χ1) is 8.34. The summed E-state index contributed by atoms with van der Waals surface area (Å²) in [5.74, 6) is -1.02. The highest BCUT2D eigenvalue weighted by molar-refractivity contribution is 7.17. The lowest BCUT2D eigenvalue weighted by Crippen LogP contribution is -2.16. The van der Waals surface area contributed by atoms with Crippen molar-refractivity contribution in [2.75, 3.05) is 6.61 Å². The van der Waals surface area contributed by atoms with Crippen molar-refractivity contribution in [3.63, 3.8) is 0 Å². The second kappa shape index (κ2) is 4.27. The third-order valence-corrected chi connectivity index (χ3v) is 3.08. The van der Waals surface area contributed by atoms with E-state index < -0.39 is 23.5 Å². The Morgan fingerprint density at radius 2 is 2.22 bits per heavy atom. The Morgan fingerprint density at radius 3 is 2.78 bits per heavy atom. The first-order valence-electron chi connectivity index (χ1n) is 5.07. The Bertz CT molecular complexity index is 600. The predicted octanol–water partition coefficient (Wildman–Crippen LogP) is 2.90. The number of carbonyl (C=O) groups is 1. The molecule has 0 unspecified atom stereocenters. The fourth-order valence-electron chi connectivity index (χ4n) is 1.55. The van der Waals surface area contributed by atoms with Gasteiger partial charge < -0.3 is 4.74 Å². The Hall–Kier alpha value is -1.57. The van der Waals surface area contributed by atoms with Crippen molar-refractivity contribution in [1.82, 2.24) is 9.38 Å². The van der Waals surface area contributed by atoms with Gasteiger partial charge in [0.2, 0.25) is 0 Å². The van der Waals surface area contributed by atoms with Gasteiger partial charge in [0.15, 0.2) is 16.3 Å². The lowest BCUT2D eigenvalue weighted by Gasteiger charge is -2.06. The number of halogens is 3. The number of esters is 1. The molecule has 0 atom stereocenters. The predicted molar refractivity (Wildman–Crippen MR) is 58.8 cm³/mol. The van der Waals surface area contributed by atoms with Crippen molar-refractivity contribution in [1.29, 1.82) is 0 Å². The molecule has 98 valence electrons. The van der Waals surface area contributed by atoms with E-state index in [1.165, 1.54) is 13.1 Å². The van der Waals surface area contributed by atoms with Gasteiger partial charge >= 0.3 is 12.1 Å². The normalized spacial score (nSPS) is 12.1.